The molecule has 7 heteroatoms. The van der Waals surface area contributed by atoms with Crippen molar-refractivity contribution >= 4 is 27.5 Å². The lowest BCUT2D eigenvalue weighted by Crippen LogP contribution is -2.31. The number of nitrogens with one attached hydrogen (secondary N) is 1. The highest BCUT2D eigenvalue weighted by molar-refractivity contribution is 7.20. The van der Waals surface area contributed by atoms with Crippen molar-refractivity contribution in [2.45, 2.75) is 6.04 Å². The first-order valence-corrected chi connectivity index (χ1v) is 8.29. The molecule has 0 fully saturated rings. The standard InChI is InChI=1S/C17H14N4O2S/c22-16(17-20-12-5-1-2-7-15(12)24-17)18-11-13(14-6-3-10-23-14)21-9-4-8-19-21/h1-10,13H,11H2,(H,18,22). The van der Waals surface area contributed by atoms with E-state index in [4.69, 9.17) is 4.42 Å². The van der Waals surface area contributed by atoms with Crippen LogP contribution < -0.4 is 5.32 Å². The molecular weight excluding hydrogens is 324 g/mol. The number of nitrogens with zero attached hydrogens (tertiary/aromatic N) is 3. The van der Waals surface area contributed by atoms with Gasteiger partial charge in [0.2, 0.25) is 0 Å². The van der Waals surface area contributed by atoms with Crippen LogP contribution in [0, 0.1) is 0 Å². The molecule has 1 amide bonds. The maximum absolute atomic E-state index is 12.4. The number of benzene rings is 1. The zero-order valence-electron chi connectivity index (χ0n) is 12.6. The van der Waals surface area contributed by atoms with Gasteiger partial charge in [-0.05, 0) is 30.3 Å². The number of carbonyl (C=O) groups is 1. The van der Waals surface area contributed by atoms with E-state index in [9.17, 15) is 4.79 Å². The molecule has 6 nitrogen and oxygen atoms in total. The molecule has 0 spiro atoms. The molecular formula is C17H14N4O2S. The molecule has 0 aliphatic heterocycles. The quantitative estimate of drug-likeness (QED) is 0.607. The van der Waals surface area contributed by atoms with Gasteiger partial charge < -0.3 is 9.73 Å². The van der Waals surface area contributed by atoms with Crippen molar-refractivity contribution < 1.29 is 9.21 Å². The predicted molar refractivity (Wildman–Crippen MR) is 91.0 cm³/mol. The zero-order valence-corrected chi connectivity index (χ0v) is 13.4. The van der Waals surface area contributed by atoms with E-state index in [0.717, 1.165) is 16.0 Å². The van der Waals surface area contributed by atoms with Crippen LogP contribution in [-0.4, -0.2) is 27.2 Å². The number of carbonyl (C=O) groups excluding carboxylic acids is 1. The molecule has 0 radical (unpaired) electrons. The summed E-state index contributed by atoms with van der Waals surface area (Å²) >= 11 is 1.38. The maximum atomic E-state index is 12.4. The molecule has 4 aromatic rings. The summed E-state index contributed by atoms with van der Waals surface area (Å²) in [6, 6.07) is 13.0. The summed E-state index contributed by atoms with van der Waals surface area (Å²) < 4.78 is 8.24. The van der Waals surface area contributed by atoms with Crippen molar-refractivity contribution in [3.05, 3.63) is 71.9 Å². The number of fused-ring (bicyclic) bond motifs is 1. The van der Waals surface area contributed by atoms with Gasteiger partial charge in [0.15, 0.2) is 5.01 Å². The van der Waals surface area contributed by atoms with Crippen molar-refractivity contribution in [3.63, 3.8) is 0 Å². The van der Waals surface area contributed by atoms with Gasteiger partial charge in [0.05, 0.1) is 16.5 Å². The smallest absolute Gasteiger partial charge is 0.280 e. The maximum Gasteiger partial charge on any atom is 0.280 e. The number of aromatic nitrogens is 3. The van der Waals surface area contributed by atoms with Crippen LogP contribution in [0.1, 0.15) is 21.6 Å². The Morgan fingerprint density at radius 3 is 2.92 bits per heavy atom. The van der Waals surface area contributed by atoms with Crippen LogP contribution in [0.2, 0.25) is 0 Å². The average molecular weight is 338 g/mol. The van der Waals surface area contributed by atoms with Gasteiger partial charge in [-0.1, -0.05) is 12.1 Å². The fraction of sp³-hybridized carbons (Fsp3) is 0.118. The van der Waals surface area contributed by atoms with Gasteiger partial charge in [0.25, 0.3) is 5.91 Å². The largest absolute Gasteiger partial charge is 0.467 e. The molecule has 120 valence electrons. The summed E-state index contributed by atoms with van der Waals surface area (Å²) in [4.78, 5) is 16.8. The van der Waals surface area contributed by atoms with Gasteiger partial charge in [0.1, 0.15) is 11.8 Å². The topological polar surface area (TPSA) is 73.0 Å². The van der Waals surface area contributed by atoms with Crippen molar-refractivity contribution in [2.24, 2.45) is 0 Å². The minimum atomic E-state index is -0.201. The van der Waals surface area contributed by atoms with Crippen LogP contribution in [-0.2, 0) is 0 Å². The summed E-state index contributed by atoms with van der Waals surface area (Å²) in [7, 11) is 0. The van der Waals surface area contributed by atoms with Crippen molar-refractivity contribution in [1.82, 2.24) is 20.1 Å². The normalized spacial score (nSPS) is 12.3. The lowest BCUT2D eigenvalue weighted by atomic mass is 10.2. The summed E-state index contributed by atoms with van der Waals surface area (Å²) in [5.74, 6) is 0.545. The van der Waals surface area contributed by atoms with Crippen LogP contribution in [0.25, 0.3) is 10.2 Å². The molecule has 1 N–H and O–H groups in total. The average Bonchev–Trinajstić information content (AvgIpc) is 3.35. The minimum Gasteiger partial charge on any atom is -0.467 e. The van der Waals surface area contributed by atoms with Gasteiger partial charge in [-0.25, -0.2) is 4.98 Å². The van der Waals surface area contributed by atoms with E-state index in [0.29, 0.717) is 11.6 Å². The highest BCUT2D eigenvalue weighted by Gasteiger charge is 2.19. The first kappa shape index (κ1) is 14.6. The second-order valence-corrected chi connectivity index (χ2v) is 6.24. The molecule has 3 aromatic heterocycles. The Kier molecular flexibility index (Phi) is 3.84. The van der Waals surface area contributed by atoms with Crippen LogP contribution >= 0.6 is 11.3 Å². The van der Waals surface area contributed by atoms with E-state index in [-0.39, 0.29) is 11.9 Å². The van der Waals surface area contributed by atoms with Crippen molar-refractivity contribution in [1.29, 1.82) is 0 Å². The van der Waals surface area contributed by atoms with Crippen molar-refractivity contribution in [2.75, 3.05) is 6.54 Å². The number of furan rings is 1. The Bertz CT molecular complexity index is 877. The molecule has 0 bridgehead atoms. The Morgan fingerprint density at radius 1 is 1.25 bits per heavy atom. The number of hydrogen-bond donors (Lipinski definition) is 1. The number of hydrogen-bond acceptors (Lipinski definition) is 5. The van der Waals surface area contributed by atoms with Crippen LogP contribution in [0.15, 0.2) is 65.5 Å². The van der Waals surface area contributed by atoms with E-state index >= 15 is 0 Å². The minimum absolute atomic E-state index is 0.195. The number of rotatable bonds is 5. The Morgan fingerprint density at radius 2 is 2.17 bits per heavy atom. The van der Waals surface area contributed by atoms with Crippen molar-refractivity contribution in [3.8, 4) is 0 Å². The van der Waals surface area contributed by atoms with E-state index in [2.05, 4.69) is 15.4 Å². The Labute approximate surface area is 141 Å². The van der Waals surface area contributed by atoms with E-state index in [1.807, 2.05) is 48.7 Å². The van der Waals surface area contributed by atoms with E-state index in [1.165, 1.54) is 11.3 Å². The van der Waals surface area contributed by atoms with Gasteiger partial charge >= 0.3 is 0 Å². The molecule has 1 aromatic carbocycles. The Balaban J connectivity index is 1.52. The first-order chi connectivity index (χ1) is 11.8. The monoisotopic (exact) mass is 338 g/mol. The molecule has 4 rings (SSSR count). The summed E-state index contributed by atoms with van der Waals surface area (Å²) in [6.45, 7) is 0.365. The second-order valence-electron chi connectivity index (χ2n) is 5.21. The molecule has 3 heterocycles. The fourth-order valence-corrected chi connectivity index (χ4v) is 3.39. The third-order valence-corrected chi connectivity index (χ3v) is 4.70. The highest BCUT2D eigenvalue weighted by Crippen LogP contribution is 2.22. The number of para-hydroxylation sites is 1. The molecule has 24 heavy (non-hydrogen) atoms. The summed E-state index contributed by atoms with van der Waals surface area (Å²) in [5, 5.41) is 7.63. The van der Waals surface area contributed by atoms with E-state index < -0.39 is 0 Å². The summed E-state index contributed by atoms with van der Waals surface area (Å²) in [6.07, 6.45) is 5.16. The lowest BCUT2D eigenvalue weighted by molar-refractivity contribution is 0.0948. The van der Waals surface area contributed by atoms with Crippen LogP contribution in [0.3, 0.4) is 0 Å². The summed E-state index contributed by atoms with van der Waals surface area (Å²) in [5.41, 5.74) is 0.835. The van der Waals surface area contributed by atoms with Gasteiger partial charge in [-0.3, -0.25) is 9.48 Å². The van der Waals surface area contributed by atoms with Gasteiger partial charge in [0, 0.05) is 18.9 Å². The lowest BCUT2D eigenvalue weighted by Gasteiger charge is -2.15. The van der Waals surface area contributed by atoms with E-state index in [1.54, 1.807) is 17.1 Å². The molecule has 0 aliphatic rings. The van der Waals surface area contributed by atoms with Crippen LogP contribution in [0.4, 0.5) is 0 Å². The molecule has 1 unspecified atom stereocenters. The third-order valence-electron chi connectivity index (χ3n) is 3.66. The van der Waals surface area contributed by atoms with Gasteiger partial charge in [-0.15, -0.1) is 11.3 Å². The highest BCUT2D eigenvalue weighted by atomic mass is 32.1. The number of amides is 1. The third kappa shape index (κ3) is 2.81. The molecule has 0 aliphatic carbocycles. The fourth-order valence-electron chi connectivity index (χ4n) is 2.50. The zero-order chi connectivity index (χ0) is 16.4. The molecule has 0 saturated carbocycles. The Hall–Kier alpha value is -2.93. The van der Waals surface area contributed by atoms with Gasteiger partial charge in [-0.2, -0.15) is 5.10 Å². The molecule has 0 saturated heterocycles. The van der Waals surface area contributed by atoms with Crippen LogP contribution in [0.5, 0.6) is 0 Å². The first-order valence-electron chi connectivity index (χ1n) is 7.47. The molecule has 1 atom stereocenters. The second kappa shape index (κ2) is 6.29. The predicted octanol–water partition coefficient (Wildman–Crippen LogP) is 3.11. The SMILES string of the molecule is O=C(NCC(c1ccco1)n1cccn1)c1nc2ccccc2s1. The number of thiazole rings is 1.